The minimum Gasteiger partial charge on any atom is -0.391 e. The van der Waals surface area contributed by atoms with E-state index in [1.165, 1.54) is 17.1 Å². The Hall–Kier alpha value is -1.67. The Labute approximate surface area is 117 Å². The van der Waals surface area contributed by atoms with Crippen molar-refractivity contribution >= 4 is 11.6 Å². The van der Waals surface area contributed by atoms with Gasteiger partial charge in [0.25, 0.3) is 0 Å². The van der Waals surface area contributed by atoms with Crippen LogP contribution in [0.2, 0.25) is 5.28 Å². The third-order valence-corrected chi connectivity index (χ3v) is 2.60. The van der Waals surface area contributed by atoms with Crippen molar-refractivity contribution in [3.8, 4) is 11.3 Å². The molecule has 0 aliphatic rings. The van der Waals surface area contributed by atoms with Crippen LogP contribution in [0.1, 0.15) is 12.5 Å². The van der Waals surface area contributed by atoms with E-state index in [0.29, 0.717) is 6.20 Å². The zero-order valence-electron chi connectivity index (χ0n) is 10.3. The molecule has 0 spiro atoms. The van der Waals surface area contributed by atoms with Gasteiger partial charge < -0.3 is 5.11 Å². The third kappa shape index (κ3) is 3.26. The second kappa shape index (κ2) is 5.37. The first-order valence-electron chi connectivity index (χ1n) is 5.58. The molecule has 0 amide bonds. The van der Waals surface area contributed by atoms with Crippen LogP contribution in [0, 0.1) is 0 Å². The number of hydrogen-bond donors (Lipinski definition) is 1. The molecule has 0 aromatic carbocycles. The molecule has 108 valence electrons. The Morgan fingerprint density at radius 3 is 2.70 bits per heavy atom. The van der Waals surface area contributed by atoms with Gasteiger partial charge in [-0.05, 0) is 18.5 Å². The summed E-state index contributed by atoms with van der Waals surface area (Å²) in [5.41, 5.74) is -1.17. The van der Waals surface area contributed by atoms with Crippen molar-refractivity contribution in [1.29, 1.82) is 0 Å². The van der Waals surface area contributed by atoms with E-state index in [4.69, 9.17) is 11.6 Å². The molecule has 0 unspecified atom stereocenters. The van der Waals surface area contributed by atoms with E-state index >= 15 is 0 Å². The Kier molecular flexibility index (Phi) is 3.96. The van der Waals surface area contributed by atoms with E-state index in [-0.39, 0.29) is 23.1 Å². The van der Waals surface area contributed by atoms with E-state index in [0.717, 1.165) is 0 Å². The highest BCUT2D eigenvalue weighted by Crippen LogP contribution is 2.35. The minimum absolute atomic E-state index is 0.155. The number of aliphatic hydroxyl groups is 1. The summed E-state index contributed by atoms with van der Waals surface area (Å²) in [6.07, 6.45) is -2.03. The molecular formula is C11H10ClF3N4O. The number of nitrogens with zero attached hydrogens (tertiary/aromatic N) is 4. The Morgan fingerprint density at radius 2 is 2.10 bits per heavy atom. The second-order valence-corrected chi connectivity index (χ2v) is 4.54. The topological polar surface area (TPSA) is 63.8 Å². The van der Waals surface area contributed by atoms with Gasteiger partial charge in [0.05, 0.1) is 24.5 Å². The lowest BCUT2D eigenvalue weighted by atomic mass is 10.1. The average molecular weight is 307 g/mol. The molecule has 1 atom stereocenters. The van der Waals surface area contributed by atoms with E-state index in [1.54, 1.807) is 6.92 Å². The van der Waals surface area contributed by atoms with Crippen molar-refractivity contribution in [2.24, 2.45) is 0 Å². The lowest BCUT2D eigenvalue weighted by Gasteiger charge is -2.10. The van der Waals surface area contributed by atoms with Crippen LogP contribution < -0.4 is 0 Å². The predicted molar refractivity (Wildman–Crippen MR) is 64.9 cm³/mol. The van der Waals surface area contributed by atoms with E-state index in [9.17, 15) is 18.3 Å². The summed E-state index contributed by atoms with van der Waals surface area (Å²) in [5.74, 6) is 0. The Balaban J connectivity index is 2.46. The zero-order valence-corrected chi connectivity index (χ0v) is 11.0. The molecule has 9 heteroatoms. The van der Waals surface area contributed by atoms with Crippen molar-refractivity contribution in [2.75, 3.05) is 0 Å². The molecule has 0 aliphatic carbocycles. The van der Waals surface area contributed by atoms with Gasteiger partial charge in [0, 0.05) is 18.0 Å². The fourth-order valence-electron chi connectivity index (χ4n) is 1.64. The van der Waals surface area contributed by atoms with Crippen molar-refractivity contribution in [3.05, 3.63) is 29.4 Å². The van der Waals surface area contributed by atoms with Gasteiger partial charge in [-0.1, -0.05) is 0 Å². The molecule has 2 rings (SSSR count). The summed E-state index contributed by atoms with van der Waals surface area (Å²) in [6.45, 7) is 1.71. The van der Waals surface area contributed by atoms with Gasteiger partial charge in [-0.2, -0.15) is 18.3 Å². The molecule has 0 saturated heterocycles. The molecule has 0 bridgehead atoms. The largest absolute Gasteiger partial charge is 0.419 e. The highest BCUT2D eigenvalue weighted by molar-refractivity contribution is 6.28. The van der Waals surface area contributed by atoms with Gasteiger partial charge in [0.2, 0.25) is 5.28 Å². The second-order valence-electron chi connectivity index (χ2n) is 4.20. The molecule has 0 radical (unpaired) electrons. The van der Waals surface area contributed by atoms with Crippen LogP contribution in [-0.4, -0.2) is 31.0 Å². The number of rotatable bonds is 3. The van der Waals surface area contributed by atoms with Crippen LogP contribution >= 0.6 is 11.6 Å². The number of halogens is 4. The van der Waals surface area contributed by atoms with Gasteiger partial charge in [0.1, 0.15) is 5.56 Å². The van der Waals surface area contributed by atoms with E-state index in [1.807, 2.05) is 0 Å². The van der Waals surface area contributed by atoms with Crippen LogP contribution in [0.15, 0.2) is 18.6 Å². The number of aromatic nitrogens is 4. The van der Waals surface area contributed by atoms with Gasteiger partial charge in [0.15, 0.2) is 0 Å². The van der Waals surface area contributed by atoms with Crippen LogP contribution in [0.4, 0.5) is 13.2 Å². The van der Waals surface area contributed by atoms with Gasteiger partial charge in [-0.25, -0.2) is 9.97 Å². The summed E-state index contributed by atoms with van der Waals surface area (Å²) >= 11 is 5.55. The zero-order chi connectivity index (χ0) is 14.9. The summed E-state index contributed by atoms with van der Waals surface area (Å²) in [7, 11) is 0. The smallest absolute Gasteiger partial charge is 0.391 e. The first-order chi connectivity index (χ1) is 9.27. The first kappa shape index (κ1) is 14.7. The molecule has 20 heavy (non-hydrogen) atoms. The maximum Gasteiger partial charge on any atom is 0.419 e. The van der Waals surface area contributed by atoms with Crippen molar-refractivity contribution < 1.29 is 18.3 Å². The monoisotopic (exact) mass is 306 g/mol. The molecule has 2 heterocycles. The average Bonchev–Trinajstić information content (AvgIpc) is 2.74. The number of hydrogen-bond acceptors (Lipinski definition) is 4. The minimum atomic E-state index is -4.59. The maximum absolute atomic E-state index is 12.9. The number of alkyl halides is 3. The van der Waals surface area contributed by atoms with Crippen LogP contribution in [-0.2, 0) is 12.7 Å². The summed E-state index contributed by atoms with van der Waals surface area (Å²) in [4.78, 5) is 6.97. The lowest BCUT2D eigenvalue weighted by molar-refractivity contribution is -0.137. The highest BCUT2D eigenvalue weighted by atomic mass is 35.5. The molecular weight excluding hydrogens is 297 g/mol. The molecule has 2 aromatic rings. The van der Waals surface area contributed by atoms with Crippen molar-refractivity contribution in [2.45, 2.75) is 25.7 Å². The quantitative estimate of drug-likeness (QED) is 0.884. The van der Waals surface area contributed by atoms with Crippen LogP contribution in [0.3, 0.4) is 0 Å². The fraction of sp³-hybridized carbons (Fsp3) is 0.364. The lowest BCUT2D eigenvalue weighted by Crippen LogP contribution is -2.12. The van der Waals surface area contributed by atoms with Gasteiger partial charge >= 0.3 is 6.18 Å². The molecule has 0 aliphatic heterocycles. The van der Waals surface area contributed by atoms with Crippen molar-refractivity contribution in [1.82, 2.24) is 19.7 Å². The van der Waals surface area contributed by atoms with Gasteiger partial charge in [-0.3, -0.25) is 4.68 Å². The molecule has 5 nitrogen and oxygen atoms in total. The fourth-order valence-corrected chi connectivity index (χ4v) is 1.78. The molecule has 2 aromatic heterocycles. The Morgan fingerprint density at radius 1 is 1.40 bits per heavy atom. The van der Waals surface area contributed by atoms with Gasteiger partial charge in [-0.15, -0.1) is 0 Å². The van der Waals surface area contributed by atoms with Crippen molar-refractivity contribution in [3.63, 3.8) is 0 Å². The molecule has 0 fully saturated rings. The van der Waals surface area contributed by atoms with E-state index in [2.05, 4.69) is 15.1 Å². The third-order valence-electron chi connectivity index (χ3n) is 2.42. The summed E-state index contributed by atoms with van der Waals surface area (Å²) in [6, 6.07) is 0. The van der Waals surface area contributed by atoms with Crippen LogP contribution in [0.25, 0.3) is 11.3 Å². The first-order valence-corrected chi connectivity index (χ1v) is 5.96. The molecule has 1 N–H and O–H groups in total. The Bertz CT molecular complexity index is 612. The predicted octanol–water partition coefficient (Wildman–Crippen LogP) is 2.39. The van der Waals surface area contributed by atoms with Crippen LogP contribution in [0.5, 0.6) is 0 Å². The number of aliphatic hydroxyl groups excluding tert-OH is 1. The summed E-state index contributed by atoms with van der Waals surface area (Å²) < 4.78 is 40.0. The SMILES string of the molecule is C[C@@H](O)Cn1cc(-c2nc(Cl)ncc2C(F)(F)F)cn1. The molecule has 0 saturated carbocycles. The normalized spacial score (nSPS) is 13.5. The standard InChI is InChI=1S/C11H10ClF3N4O/c1-6(20)4-19-5-7(2-17-19)9-8(11(13,14)15)3-16-10(12)18-9/h2-3,5-6,20H,4H2,1H3/t6-/m1/s1. The van der Waals surface area contributed by atoms with E-state index < -0.39 is 17.8 Å². The summed E-state index contributed by atoms with van der Waals surface area (Å²) in [5, 5.41) is 12.8. The highest BCUT2D eigenvalue weighted by Gasteiger charge is 2.35. The maximum atomic E-state index is 12.9.